The molecule has 0 aliphatic carbocycles. The summed E-state index contributed by atoms with van der Waals surface area (Å²) in [5.74, 6) is -0.146. The number of nitrogens with zero attached hydrogens (tertiary/aromatic N) is 1. The number of aliphatic hydroxyl groups excluding tert-OH is 1. The molecule has 0 aromatic rings. The first-order chi connectivity index (χ1) is 10.2. The van der Waals surface area contributed by atoms with Crippen LogP contribution in [-0.2, 0) is 9.53 Å². The van der Waals surface area contributed by atoms with Crippen LogP contribution in [0.2, 0.25) is 0 Å². The van der Waals surface area contributed by atoms with Gasteiger partial charge in [0.25, 0.3) is 0 Å². The van der Waals surface area contributed by atoms with Crippen molar-refractivity contribution in [2.75, 3.05) is 20.2 Å². The number of methoxy groups -OCH3 is 1. The number of likely N-dealkylation sites (tertiary alicyclic amines) is 1. The largest absolute Gasteiger partial charge is 0.566 e. The summed E-state index contributed by atoms with van der Waals surface area (Å²) < 4.78 is 4.61. The fourth-order valence-corrected chi connectivity index (χ4v) is 3.02. The van der Waals surface area contributed by atoms with Gasteiger partial charge in [-0.25, -0.2) is 6.61 Å². The standard InChI is InChI=1S/C16H27ClNO3.U/c1-21-16(20)9-5-3-2-4-8-15-14(17)10-12-18(15)11-6-7-13-19;/h2,4,13-15,19H,3,5-12H2,1H3;/q-1;/b4-2-;/t14-,15+;/m1./s1. The normalized spacial score (nSPS) is 22.0. The number of esters is 1. The van der Waals surface area contributed by atoms with Crippen molar-refractivity contribution < 1.29 is 45.8 Å². The van der Waals surface area contributed by atoms with E-state index in [-0.39, 0.29) is 42.5 Å². The maximum Gasteiger partial charge on any atom is 0.305 e. The molecule has 0 radical (unpaired) electrons. The number of ether oxygens (including phenoxy) is 1. The molecular formula is C16H27ClNO3U-. The van der Waals surface area contributed by atoms with Crippen LogP contribution in [-0.4, -0.2) is 47.6 Å². The van der Waals surface area contributed by atoms with Crippen LogP contribution in [0.15, 0.2) is 12.2 Å². The molecule has 0 unspecified atom stereocenters. The van der Waals surface area contributed by atoms with Gasteiger partial charge in [0.05, 0.1) is 12.5 Å². The van der Waals surface area contributed by atoms with Gasteiger partial charge in [0.15, 0.2) is 0 Å². The van der Waals surface area contributed by atoms with Gasteiger partial charge >= 0.3 is 5.97 Å². The van der Waals surface area contributed by atoms with Crippen LogP contribution in [0.25, 0.3) is 0 Å². The molecule has 1 heterocycles. The maximum atomic E-state index is 11.0. The number of allylic oxidation sites excluding steroid dienone is 1. The van der Waals surface area contributed by atoms with Gasteiger partial charge < -0.3 is 9.84 Å². The van der Waals surface area contributed by atoms with Crippen LogP contribution in [0.3, 0.4) is 0 Å². The molecule has 2 atom stereocenters. The summed E-state index contributed by atoms with van der Waals surface area (Å²) in [5.41, 5.74) is 0. The average Bonchev–Trinajstić information content (AvgIpc) is 2.83. The van der Waals surface area contributed by atoms with E-state index in [0.717, 1.165) is 51.6 Å². The predicted molar refractivity (Wildman–Crippen MR) is 84.7 cm³/mol. The molecular weight excluding hydrogens is 528 g/mol. The van der Waals surface area contributed by atoms with Gasteiger partial charge in [-0.05, 0) is 38.8 Å². The summed E-state index contributed by atoms with van der Waals surface area (Å²) in [6.07, 6.45) is 10.2. The molecule has 0 aromatic heterocycles. The Balaban J connectivity index is 0.00000441. The zero-order valence-corrected chi connectivity index (χ0v) is 18.3. The summed E-state index contributed by atoms with van der Waals surface area (Å²) in [5, 5.41) is 8.94. The number of rotatable bonds is 10. The third-order valence-corrected chi connectivity index (χ3v) is 4.39. The number of aliphatic hydroxyl groups is 1. The van der Waals surface area contributed by atoms with Gasteiger partial charge in [-0.15, -0.1) is 11.6 Å². The first-order valence-corrected chi connectivity index (χ1v) is 8.18. The molecule has 6 heteroatoms. The monoisotopic (exact) mass is 554 g/mol. The Bertz CT molecular complexity index is 329. The third kappa shape index (κ3) is 8.94. The topological polar surface area (TPSA) is 49.8 Å². The number of carbonyl (C=O) groups excluding carboxylic acids is 1. The fraction of sp³-hybridized carbons (Fsp3) is 0.750. The summed E-state index contributed by atoms with van der Waals surface area (Å²) in [4.78, 5) is 13.4. The molecule has 0 saturated carbocycles. The minimum absolute atomic E-state index is 0. The van der Waals surface area contributed by atoms with E-state index in [1.807, 2.05) is 0 Å². The Morgan fingerprint density at radius 1 is 1.45 bits per heavy atom. The molecule has 0 aromatic carbocycles. The van der Waals surface area contributed by atoms with E-state index in [0.29, 0.717) is 12.5 Å². The minimum Gasteiger partial charge on any atom is -0.566 e. The van der Waals surface area contributed by atoms with Crippen molar-refractivity contribution in [3.63, 3.8) is 0 Å². The molecule has 22 heavy (non-hydrogen) atoms. The van der Waals surface area contributed by atoms with Gasteiger partial charge in [0.1, 0.15) is 0 Å². The summed E-state index contributed by atoms with van der Waals surface area (Å²) in [6.45, 7) is 3.26. The van der Waals surface area contributed by atoms with Crippen molar-refractivity contribution in [3.05, 3.63) is 18.8 Å². The first-order valence-electron chi connectivity index (χ1n) is 7.75. The molecule has 0 amide bonds. The molecule has 1 rings (SSSR count). The van der Waals surface area contributed by atoms with E-state index in [9.17, 15) is 4.79 Å². The molecule has 1 fully saturated rings. The van der Waals surface area contributed by atoms with Crippen molar-refractivity contribution in [2.45, 2.75) is 56.4 Å². The van der Waals surface area contributed by atoms with Crippen molar-refractivity contribution in [1.82, 2.24) is 4.90 Å². The zero-order valence-electron chi connectivity index (χ0n) is 13.3. The Labute approximate surface area is 163 Å². The van der Waals surface area contributed by atoms with Crippen molar-refractivity contribution in [2.24, 2.45) is 0 Å². The Kier molecular flexibility index (Phi) is 14.2. The number of halogens is 1. The molecule has 126 valence electrons. The van der Waals surface area contributed by atoms with Crippen LogP contribution >= 0.6 is 11.6 Å². The molecule has 0 bridgehead atoms. The van der Waals surface area contributed by atoms with Crippen LogP contribution in [0.5, 0.6) is 0 Å². The van der Waals surface area contributed by atoms with Crippen LogP contribution in [0.4, 0.5) is 0 Å². The van der Waals surface area contributed by atoms with Gasteiger partial charge in [0, 0.05) is 43.6 Å². The first kappa shape index (κ1) is 22.5. The van der Waals surface area contributed by atoms with Gasteiger partial charge in [0.2, 0.25) is 0 Å². The quantitative estimate of drug-likeness (QED) is 0.148. The Hall–Kier alpha value is 0.472. The average molecular weight is 555 g/mol. The Morgan fingerprint density at radius 2 is 2.23 bits per heavy atom. The summed E-state index contributed by atoms with van der Waals surface area (Å²) in [6, 6.07) is 0.391. The van der Waals surface area contributed by atoms with E-state index in [2.05, 4.69) is 21.8 Å². The van der Waals surface area contributed by atoms with Gasteiger partial charge in [-0.1, -0.05) is 18.6 Å². The van der Waals surface area contributed by atoms with E-state index < -0.39 is 0 Å². The molecule has 1 N–H and O–H groups in total. The number of unbranched alkanes of at least 4 members (excludes halogenated alkanes) is 2. The third-order valence-electron chi connectivity index (χ3n) is 3.88. The van der Waals surface area contributed by atoms with E-state index in [1.54, 1.807) is 0 Å². The fourth-order valence-electron chi connectivity index (χ4n) is 2.66. The molecule has 1 aliphatic rings. The second kappa shape index (κ2) is 13.9. The SMILES string of the molecule is COC(=O)CCC/C=C\C[C@H]1[C@H](Cl)CCN1CCC[CH-]O.[U]. The zero-order chi connectivity index (χ0) is 15.5. The van der Waals surface area contributed by atoms with Gasteiger partial charge in [-0.3, -0.25) is 9.69 Å². The van der Waals surface area contributed by atoms with Crippen molar-refractivity contribution in [1.29, 1.82) is 0 Å². The minimum atomic E-state index is -0.146. The predicted octanol–water partition coefficient (Wildman–Crippen LogP) is 3.27. The van der Waals surface area contributed by atoms with E-state index in [1.165, 1.54) is 13.7 Å². The number of hydrogen-bond donors (Lipinski definition) is 1. The summed E-state index contributed by atoms with van der Waals surface area (Å²) >= 11 is 6.39. The molecule has 1 saturated heterocycles. The van der Waals surface area contributed by atoms with Gasteiger partial charge in [-0.2, -0.15) is 6.42 Å². The second-order valence-electron chi connectivity index (χ2n) is 5.41. The van der Waals surface area contributed by atoms with Crippen LogP contribution < -0.4 is 0 Å². The van der Waals surface area contributed by atoms with Crippen molar-refractivity contribution in [3.8, 4) is 0 Å². The number of carbonyl (C=O) groups is 1. The molecule has 0 spiro atoms. The molecule has 4 nitrogen and oxygen atoms in total. The summed E-state index contributed by atoms with van der Waals surface area (Å²) in [7, 11) is 1.42. The van der Waals surface area contributed by atoms with E-state index in [4.69, 9.17) is 16.7 Å². The molecule has 1 aliphatic heterocycles. The van der Waals surface area contributed by atoms with E-state index >= 15 is 0 Å². The number of alkyl halides is 1. The van der Waals surface area contributed by atoms with Crippen LogP contribution in [0.1, 0.15) is 44.9 Å². The maximum absolute atomic E-state index is 11.0. The smallest absolute Gasteiger partial charge is 0.305 e. The second-order valence-corrected chi connectivity index (χ2v) is 5.97. The van der Waals surface area contributed by atoms with Crippen molar-refractivity contribution >= 4 is 17.6 Å². The Morgan fingerprint density at radius 3 is 2.91 bits per heavy atom. The number of hydrogen-bond acceptors (Lipinski definition) is 4. The van der Waals surface area contributed by atoms with Crippen LogP contribution in [0, 0.1) is 37.7 Å².